The van der Waals surface area contributed by atoms with Gasteiger partial charge in [-0.2, -0.15) is 0 Å². The summed E-state index contributed by atoms with van der Waals surface area (Å²) < 4.78 is 11.1. The lowest BCUT2D eigenvalue weighted by atomic mass is 10.1. The van der Waals surface area contributed by atoms with Crippen LogP contribution >= 0.6 is 0 Å². The van der Waals surface area contributed by atoms with Gasteiger partial charge in [-0.25, -0.2) is 0 Å². The lowest BCUT2D eigenvalue weighted by Gasteiger charge is -2.27. The zero-order valence-corrected chi connectivity index (χ0v) is 16.3. The Morgan fingerprint density at radius 2 is 1.86 bits per heavy atom. The molecule has 3 rings (SSSR count). The maximum Gasteiger partial charge on any atom is 0.265 e. The average molecular weight is 382 g/mol. The van der Waals surface area contributed by atoms with E-state index in [0.717, 1.165) is 5.56 Å². The van der Waals surface area contributed by atoms with Crippen LogP contribution in [0.2, 0.25) is 0 Å². The number of amides is 2. The largest absolute Gasteiger partial charge is 0.481 e. The monoisotopic (exact) mass is 382 g/mol. The predicted molar refractivity (Wildman–Crippen MR) is 108 cm³/mol. The van der Waals surface area contributed by atoms with E-state index < -0.39 is 6.10 Å². The number of hydrogen-bond donors (Lipinski definition) is 1. The highest BCUT2D eigenvalue weighted by Gasteiger charge is 2.21. The highest BCUT2D eigenvalue weighted by atomic mass is 16.5. The third-order valence-electron chi connectivity index (χ3n) is 4.64. The van der Waals surface area contributed by atoms with Crippen molar-refractivity contribution in [2.24, 2.45) is 0 Å². The number of benzene rings is 2. The molecule has 0 bridgehead atoms. The van der Waals surface area contributed by atoms with Crippen LogP contribution < -0.4 is 10.1 Å². The molecule has 1 heterocycles. The smallest absolute Gasteiger partial charge is 0.265 e. The number of carbonyl (C=O) groups is 2. The molecule has 0 aromatic heterocycles. The highest BCUT2D eigenvalue weighted by molar-refractivity contribution is 5.98. The van der Waals surface area contributed by atoms with E-state index in [-0.39, 0.29) is 11.8 Å². The molecule has 1 N–H and O–H groups in total. The molecule has 2 aromatic rings. The fourth-order valence-corrected chi connectivity index (χ4v) is 3.01. The van der Waals surface area contributed by atoms with Gasteiger partial charge in [0, 0.05) is 24.3 Å². The zero-order valence-electron chi connectivity index (χ0n) is 16.3. The Bertz CT molecular complexity index is 814. The molecule has 6 heteroatoms. The molecule has 1 saturated heterocycles. The molecule has 6 nitrogen and oxygen atoms in total. The van der Waals surface area contributed by atoms with Crippen LogP contribution in [0.3, 0.4) is 0 Å². The topological polar surface area (TPSA) is 67.9 Å². The molecule has 2 aromatic carbocycles. The van der Waals surface area contributed by atoms with Crippen LogP contribution in [0, 0.1) is 6.92 Å². The summed E-state index contributed by atoms with van der Waals surface area (Å²) >= 11 is 0. The second-order valence-electron chi connectivity index (χ2n) is 6.80. The molecule has 1 fully saturated rings. The Balaban J connectivity index is 1.65. The molecule has 2 amide bonds. The summed E-state index contributed by atoms with van der Waals surface area (Å²) in [4.78, 5) is 27.0. The van der Waals surface area contributed by atoms with Crippen molar-refractivity contribution in [3.63, 3.8) is 0 Å². The summed E-state index contributed by atoms with van der Waals surface area (Å²) in [5.41, 5.74) is 2.26. The standard InChI is InChI=1S/C22H26N2O4/c1-3-20(28-19-9-7-16(2)8-10-19)21(25)23-18-6-4-5-17(15-18)22(26)24-11-13-27-14-12-24/h4-10,15,20H,3,11-14H2,1-2H3,(H,23,25). The maximum absolute atomic E-state index is 12.6. The number of aryl methyl sites for hydroxylation is 1. The number of morpholine rings is 1. The van der Waals surface area contributed by atoms with Crippen molar-refractivity contribution >= 4 is 17.5 Å². The molecule has 0 radical (unpaired) electrons. The van der Waals surface area contributed by atoms with Crippen LogP contribution in [0.5, 0.6) is 5.75 Å². The maximum atomic E-state index is 12.6. The Hall–Kier alpha value is -2.86. The number of nitrogens with zero attached hydrogens (tertiary/aromatic N) is 1. The second kappa shape index (κ2) is 9.37. The van der Waals surface area contributed by atoms with E-state index in [1.165, 1.54) is 0 Å². The van der Waals surface area contributed by atoms with E-state index in [9.17, 15) is 9.59 Å². The lowest BCUT2D eigenvalue weighted by molar-refractivity contribution is -0.122. The van der Waals surface area contributed by atoms with Gasteiger partial charge in [0.1, 0.15) is 5.75 Å². The summed E-state index contributed by atoms with van der Waals surface area (Å²) in [6.07, 6.45) is -0.0761. The first-order valence-electron chi connectivity index (χ1n) is 9.58. The number of rotatable bonds is 6. The summed E-state index contributed by atoms with van der Waals surface area (Å²) in [5, 5.41) is 2.86. The molecular formula is C22H26N2O4. The summed E-state index contributed by atoms with van der Waals surface area (Å²) in [5.74, 6) is 0.366. The summed E-state index contributed by atoms with van der Waals surface area (Å²) in [6.45, 7) is 6.17. The van der Waals surface area contributed by atoms with Gasteiger partial charge in [0.05, 0.1) is 13.2 Å². The van der Waals surface area contributed by atoms with Gasteiger partial charge in [-0.05, 0) is 43.7 Å². The lowest BCUT2D eigenvalue weighted by Crippen LogP contribution is -2.40. The molecular weight excluding hydrogens is 356 g/mol. The number of nitrogens with one attached hydrogen (secondary N) is 1. The number of hydrogen-bond acceptors (Lipinski definition) is 4. The van der Waals surface area contributed by atoms with Gasteiger partial charge in [-0.15, -0.1) is 0 Å². The number of ether oxygens (including phenoxy) is 2. The van der Waals surface area contributed by atoms with Gasteiger partial charge in [-0.3, -0.25) is 9.59 Å². The third-order valence-corrected chi connectivity index (χ3v) is 4.64. The molecule has 148 valence electrons. The summed E-state index contributed by atoms with van der Waals surface area (Å²) in [6, 6.07) is 14.6. The van der Waals surface area contributed by atoms with E-state index in [1.807, 2.05) is 38.1 Å². The SMILES string of the molecule is CCC(Oc1ccc(C)cc1)C(=O)Nc1cccc(C(=O)N2CCOCC2)c1. The van der Waals surface area contributed by atoms with Crippen LogP contribution in [-0.2, 0) is 9.53 Å². The van der Waals surface area contributed by atoms with Gasteiger partial charge in [0.15, 0.2) is 6.10 Å². The van der Waals surface area contributed by atoms with Gasteiger partial charge in [-0.1, -0.05) is 30.7 Å². The van der Waals surface area contributed by atoms with Gasteiger partial charge in [0.25, 0.3) is 11.8 Å². The number of carbonyl (C=O) groups excluding carboxylic acids is 2. The molecule has 28 heavy (non-hydrogen) atoms. The molecule has 0 aliphatic carbocycles. The molecule has 0 spiro atoms. The first kappa shape index (κ1) is 19.9. The minimum Gasteiger partial charge on any atom is -0.481 e. The van der Waals surface area contributed by atoms with Gasteiger partial charge in [0.2, 0.25) is 0 Å². The Labute approximate surface area is 165 Å². The van der Waals surface area contributed by atoms with Crippen molar-refractivity contribution in [1.29, 1.82) is 0 Å². The van der Waals surface area contributed by atoms with E-state index >= 15 is 0 Å². The zero-order chi connectivity index (χ0) is 19.9. The van der Waals surface area contributed by atoms with Crippen molar-refractivity contribution in [3.05, 3.63) is 59.7 Å². The fourth-order valence-electron chi connectivity index (χ4n) is 3.01. The van der Waals surface area contributed by atoms with E-state index in [4.69, 9.17) is 9.47 Å². The molecule has 1 aliphatic rings. The van der Waals surface area contributed by atoms with Gasteiger partial charge < -0.3 is 19.7 Å². The fraction of sp³-hybridized carbons (Fsp3) is 0.364. The Kier molecular flexibility index (Phi) is 6.66. The molecule has 1 unspecified atom stereocenters. The van der Waals surface area contributed by atoms with E-state index in [1.54, 1.807) is 29.2 Å². The third kappa shape index (κ3) is 5.10. The van der Waals surface area contributed by atoms with Crippen LogP contribution in [-0.4, -0.2) is 49.1 Å². The van der Waals surface area contributed by atoms with Crippen LogP contribution in [0.15, 0.2) is 48.5 Å². The normalized spacial score (nSPS) is 15.0. The van der Waals surface area contributed by atoms with Crippen molar-refractivity contribution in [3.8, 4) is 5.75 Å². The number of anilines is 1. The summed E-state index contributed by atoms with van der Waals surface area (Å²) in [7, 11) is 0. The van der Waals surface area contributed by atoms with Crippen molar-refractivity contribution in [2.75, 3.05) is 31.6 Å². The average Bonchev–Trinajstić information content (AvgIpc) is 2.73. The quantitative estimate of drug-likeness (QED) is 0.833. The second-order valence-corrected chi connectivity index (χ2v) is 6.80. The van der Waals surface area contributed by atoms with E-state index in [2.05, 4.69) is 5.32 Å². The minimum absolute atomic E-state index is 0.0534. The van der Waals surface area contributed by atoms with Crippen LogP contribution in [0.25, 0.3) is 0 Å². The van der Waals surface area contributed by atoms with Crippen molar-refractivity contribution in [1.82, 2.24) is 4.90 Å². The van der Waals surface area contributed by atoms with Gasteiger partial charge >= 0.3 is 0 Å². The predicted octanol–water partition coefficient (Wildman–Crippen LogP) is 3.26. The first-order valence-corrected chi connectivity index (χ1v) is 9.58. The van der Waals surface area contributed by atoms with Crippen LogP contribution in [0.1, 0.15) is 29.3 Å². The Morgan fingerprint density at radius 3 is 2.54 bits per heavy atom. The minimum atomic E-state index is -0.610. The van der Waals surface area contributed by atoms with Crippen molar-refractivity contribution in [2.45, 2.75) is 26.4 Å². The Morgan fingerprint density at radius 1 is 1.14 bits per heavy atom. The van der Waals surface area contributed by atoms with E-state index in [0.29, 0.717) is 49.7 Å². The van der Waals surface area contributed by atoms with Crippen LogP contribution in [0.4, 0.5) is 5.69 Å². The molecule has 1 aliphatic heterocycles. The molecule has 1 atom stereocenters. The first-order chi connectivity index (χ1) is 13.6. The van der Waals surface area contributed by atoms with Crippen molar-refractivity contribution < 1.29 is 19.1 Å². The highest BCUT2D eigenvalue weighted by Crippen LogP contribution is 2.18. The molecule has 0 saturated carbocycles.